The molecule has 2 rings (SSSR count). The molecule has 1 aromatic heterocycles. The molecule has 0 spiro atoms. The van der Waals surface area contributed by atoms with Gasteiger partial charge in [0.05, 0.1) is 12.9 Å². The smallest absolute Gasteiger partial charge is 0.193 e. The fourth-order valence-corrected chi connectivity index (χ4v) is 1.99. The van der Waals surface area contributed by atoms with E-state index in [1.807, 2.05) is 49.7 Å². The second-order valence-corrected chi connectivity index (χ2v) is 5.10. The molecule has 0 atom stereocenters. The minimum Gasteiger partial charge on any atom is -0.356 e. The molecule has 21 heavy (non-hydrogen) atoms. The number of aryl methyl sites for hydroxylation is 1. The summed E-state index contributed by atoms with van der Waals surface area (Å²) in [5, 5.41) is 3.39. The van der Waals surface area contributed by atoms with E-state index in [4.69, 9.17) is 0 Å². The summed E-state index contributed by atoms with van der Waals surface area (Å²) in [4.78, 5) is 10.7. The molecule has 2 aromatic rings. The SMILES string of the molecule is CN(C)C(=NCc1ccccc1)NCCCn1ccnc1. The van der Waals surface area contributed by atoms with E-state index in [9.17, 15) is 0 Å². The van der Waals surface area contributed by atoms with E-state index >= 15 is 0 Å². The molecule has 0 aliphatic rings. The summed E-state index contributed by atoms with van der Waals surface area (Å²) >= 11 is 0. The molecular weight excluding hydrogens is 262 g/mol. The van der Waals surface area contributed by atoms with Crippen LogP contribution < -0.4 is 5.32 Å². The van der Waals surface area contributed by atoms with Crippen molar-refractivity contribution in [2.45, 2.75) is 19.5 Å². The minimum atomic E-state index is 0.697. The largest absolute Gasteiger partial charge is 0.356 e. The number of nitrogens with one attached hydrogen (secondary N) is 1. The van der Waals surface area contributed by atoms with Crippen LogP contribution in [0.4, 0.5) is 0 Å². The van der Waals surface area contributed by atoms with Crippen molar-refractivity contribution in [3.8, 4) is 0 Å². The van der Waals surface area contributed by atoms with E-state index in [-0.39, 0.29) is 0 Å². The van der Waals surface area contributed by atoms with Crippen LogP contribution in [0.25, 0.3) is 0 Å². The van der Waals surface area contributed by atoms with Crippen LogP contribution in [-0.2, 0) is 13.1 Å². The zero-order valence-corrected chi connectivity index (χ0v) is 12.7. The summed E-state index contributed by atoms with van der Waals surface area (Å²) in [7, 11) is 4.01. The van der Waals surface area contributed by atoms with E-state index in [0.29, 0.717) is 6.54 Å². The van der Waals surface area contributed by atoms with Gasteiger partial charge in [0.15, 0.2) is 5.96 Å². The van der Waals surface area contributed by atoms with Gasteiger partial charge in [-0.25, -0.2) is 9.98 Å². The lowest BCUT2D eigenvalue weighted by Crippen LogP contribution is -2.37. The van der Waals surface area contributed by atoms with Gasteiger partial charge in [-0.05, 0) is 12.0 Å². The van der Waals surface area contributed by atoms with Crippen LogP contribution in [0.1, 0.15) is 12.0 Å². The lowest BCUT2D eigenvalue weighted by molar-refractivity contribution is 0.560. The highest BCUT2D eigenvalue weighted by Crippen LogP contribution is 2.00. The van der Waals surface area contributed by atoms with Crippen molar-refractivity contribution < 1.29 is 0 Å². The maximum absolute atomic E-state index is 4.64. The first kappa shape index (κ1) is 15.1. The summed E-state index contributed by atoms with van der Waals surface area (Å²) < 4.78 is 2.08. The highest BCUT2D eigenvalue weighted by Gasteiger charge is 2.01. The first-order chi connectivity index (χ1) is 10.3. The van der Waals surface area contributed by atoms with Gasteiger partial charge in [0.25, 0.3) is 0 Å². The molecule has 0 saturated heterocycles. The van der Waals surface area contributed by atoms with Crippen molar-refractivity contribution in [3.63, 3.8) is 0 Å². The Hall–Kier alpha value is -2.30. The molecule has 0 radical (unpaired) electrons. The number of imidazole rings is 1. The average molecular weight is 285 g/mol. The molecule has 0 aliphatic carbocycles. The van der Waals surface area contributed by atoms with Gasteiger partial charge in [-0.2, -0.15) is 0 Å². The molecule has 0 fully saturated rings. The zero-order valence-electron chi connectivity index (χ0n) is 12.7. The number of aliphatic imine (C=N–C) groups is 1. The summed E-state index contributed by atoms with van der Waals surface area (Å²) in [6.07, 6.45) is 6.67. The number of benzene rings is 1. The number of rotatable bonds is 6. The molecule has 0 amide bonds. The van der Waals surface area contributed by atoms with Gasteiger partial charge >= 0.3 is 0 Å². The number of hydrogen-bond donors (Lipinski definition) is 1. The van der Waals surface area contributed by atoms with Gasteiger partial charge in [0.2, 0.25) is 0 Å². The van der Waals surface area contributed by atoms with Gasteiger partial charge in [-0.1, -0.05) is 30.3 Å². The zero-order chi connectivity index (χ0) is 14.9. The van der Waals surface area contributed by atoms with Crippen LogP contribution >= 0.6 is 0 Å². The molecule has 0 aliphatic heterocycles. The van der Waals surface area contributed by atoms with Crippen LogP contribution in [0, 0.1) is 0 Å². The van der Waals surface area contributed by atoms with Crippen molar-refractivity contribution in [1.82, 2.24) is 19.8 Å². The van der Waals surface area contributed by atoms with E-state index in [2.05, 4.69) is 32.0 Å². The Balaban J connectivity index is 1.78. The fraction of sp³-hybridized carbons (Fsp3) is 0.375. The monoisotopic (exact) mass is 285 g/mol. The predicted molar refractivity (Wildman–Crippen MR) is 86.1 cm³/mol. The molecule has 5 nitrogen and oxygen atoms in total. The highest BCUT2D eigenvalue weighted by molar-refractivity contribution is 5.79. The van der Waals surface area contributed by atoms with Crippen molar-refractivity contribution in [3.05, 3.63) is 54.6 Å². The van der Waals surface area contributed by atoms with Gasteiger partial charge in [-0.3, -0.25) is 0 Å². The fourth-order valence-electron chi connectivity index (χ4n) is 1.99. The molecular formula is C16H23N5. The Bertz CT molecular complexity index is 531. The van der Waals surface area contributed by atoms with Crippen LogP contribution in [0.3, 0.4) is 0 Å². The molecule has 1 aromatic carbocycles. The molecule has 112 valence electrons. The summed E-state index contributed by atoms with van der Waals surface area (Å²) in [5.74, 6) is 0.921. The van der Waals surface area contributed by atoms with Gasteiger partial charge < -0.3 is 14.8 Å². The molecule has 1 heterocycles. The molecule has 5 heteroatoms. The lowest BCUT2D eigenvalue weighted by Gasteiger charge is -2.17. The van der Waals surface area contributed by atoms with E-state index in [1.165, 1.54) is 5.56 Å². The van der Waals surface area contributed by atoms with Crippen LogP contribution in [0.2, 0.25) is 0 Å². The van der Waals surface area contributed by atoms with Crippen LogP contribution in [0.15, 0.2) is 54.0 Å². The lowest BCUT2D eigenvalue weighted by atomic mass is 10.2. The maximum atomic E-state index is 4.64. The highest BCUT2D eigenvalue weighted by atomic mass is 15.3. The van der Waals surface area contributed by atoms with Gasteiger partial charge in [0.1, 0.15) is 0 Å². The number of aromatic nitrogens is 2. The summed E-state index contributed by atoms with van der Waals surface area (Å²) in [6, 6.07) is 10.3. The standard InChI is InChI=1S/C16H23N5/c1-20(2)16(19-13-15-7-4-3-5-8-15)18-9-6-11-21-12-10-17-14-21/h3-5,7-8,10,12,14H,6,9,11,13H2,1-2H3,(H,18,19). The first-order valence-corrected chi connectivity index (χ1v) is 7.21. The van der Waals surface area contributed by atoms with Crippen LogP contribution in [0.5, 0.6) is 0 Å². The van der Waals surface area contributed by atoms with Crippen LogP contribution in [-0.4, -0.2) is 41.1 Å². The molecule has 0 saturated carbocycles. The summed E-state index contributed by atoms with van der Waals surface area (Å²) in [6.45, 7) is 2.55. The topological polar surface area (TPSA) is 45.5 Å². The quantitative estimate of drug-likeness (QED) is 0.501. The Morgan fingerprint density at radius 3 is 2.76 bits per heavy atom. The second kappa shape index (κ2) is 8.09. The third-order valence-electron chi connectivity index (χ3n) is 3.11. The van der Waals surface area contributed by atoms with Crippen molar-refractivity contribution in [1.29, 1.82) is 0 Å². The number of hydrogen-bond acceptors (Lipinski definition) is 2. The first-order valence-electron chi connectivity index (χ1n) is 7.21. The minimum absolute atomic E-state index is 0.697. The Labute approximate surface area is 126 Å². The summed E-state index contributed by atoms with van der Waals surface area (Å²) in [5.41, 5.74) is 1.22. The van der Waals surface area contributed by atoms with E-state index in [1.54, 1.807) is 6.20 Å². The van der Waals surface area contributed by atoms with Crippen molar-refractivity contribution >= 4 is 5.96 Å². The Morgan fingerprint density at radius 1 is 1.29 bits per heavy atom. The van der Waals surface area contributed by atoms with Gasteiger partial charge in [-0.15, -0.1) is 0 Å². The van der Waals surface area contributed by atoms with Crippen molar-refractivity contribution in [2.75, 3.05) is 20.6 Å². The maximum Gasteiger partial charge on any atom is 0.193 e. The molecule has 0 unspecified atom stereocenters. The van der Waals surface area contributed by atoms with E-state index in [0.717, 1.165) is 25.5 Å². The number of nitrogens with zero attached hydrogens (tertiary/aromatic N) is 4. The average Bonchev–Trinajstić information content (AvgIpc) is 3.00. The normalized spacial score (nSPS) is 11.4. The second-order valence-electron chi connectivity index (χ2n) is 5.10. The predicted octanol–water partition coefficient (Wildman–Crippen LogP) is 1.98. The Kier molecular flexibility index (Phi) is 5.82. The van der Waals surface area contributed by atoms with E-state index < -0.39 is 0 Å². The van der Waals surface area contributed by atoms with Gasteiger partial charge in [0, 0.05) is 39.6 Å². The Morgan fingerprint density at radius 2 is 2.10 bits per heavy atom. The molecule has 1 N–H and O–H groups in total. The third-order valence-corrected chi connectivity index (χ3v) is 3.11. The third kappa shape index (κ3) is 5.30. The molecule has 0 bridgehead atoms. The number of guanidine groups is 1. The van der Waals surface area contributed by atoms with Crippen molar-refractivity contribution in [2.24, 2.45) is 4.99 Å².